The van der Waals surface area contributed by atoms with E-state index < -0.39 is 0 Å². The molecule has 28 heavy (non-hydrogen) atoms. The highest BCUT2D eigenvalue weighted by molar-refractivity contribution is 7.14. The van der Waals surface area contributed by atoms with Crippen molar-refractivity contribution >= 4 is 39.7 Å². The van der Waals surface area contributed by atoms with E-state index in [1.165, 1.54) is 11.3 Å². The van der Waals surface area contributed by atoms with Gasteiger partial charge in [-0.25, -0.2) is 4.98 Å². The number of anilines is 2. The SMILES string of the molecule is COc1ccc(Nc2nc(C(=O)NCCc3ccc(Cl)cc3)cs2)c(OC)c1. The van der Waals surface area contributed by atoms with Gasteiger partial charge in [-0.2, -0.15) is 0 Å². The molecule has 0 aliphatic carbocycles. The summed E-state index contributed by atoms with van der Waals surface area (Å²) in [6.45, 7) is 0.521. The first-order valence-electron chi connectivity index (χ1n) is 8.56. The number of hydrogen-bond donors (Lipinski definition) is 2. The van der Waals surface area contributed by atoms with Gasteiger partial charge in [-0.05, 0) is 36.2 Å². The van der Waals surface area contributed by atoms with Gasteiger partial charge in [0.25, 0.3) is 5.91 Å². The van der Waals surface area contributed by atoms with E-state index in [2.05, 4.69) is 15.6 Å². The van der Waals surface area contributed by atoms with Crippen LogP contribution < -0.4 is 20.1 Å². The molecule has 2 N–H and O–H groups in total. The van der Waals surface area contributed by atoms with E-state index in [0.29, 0.717) is 33.9 Å². The maximum absolute atomic E-state index is 12.3. The topological polar surface area (TPSA) is 72.5 Å². The molecule has 3 rings (SSSR count). The minimum absolute atomic E-state index is 0.208. The van der Waals surface area contributed by atoms with Crippen LogP contribution in [0.3, 0.4) is 0 Å². The molecule has 8 heteroatoms. The normalized spacial score (nSPS) is 10.4. The Labute approximate surface area is 172 Å². The lowest BCUT2D eigenvalue weighted by Crippen LogP contribution is -2.25. The van der Waals surface area contributed by atoms with E-state index in [1.807, 2.05) is 36.4 Å². The molecule has 0 aliphatic rings. The van der Waals surface area contributed by atoms with Crippen LogP contribution in [-0.2, 0) is 6.42 Å². The predicted molar refractivity (Wildman–Crippen MR) is 112 cm³/mol. The van der Waals surface area contributed by atoms with E-state index in [4.69, 9.17) is 21.1 Å². The number of thiazole rings is 1. The molecule has 0 aliphatic heterocycles. The number of nitrogens with zero attached hydrogens (tertiary/aromatic N) is 1. The number of nitrogens with one attached hydrogen (secondary N) is 2. The summed E-state index contributed by atoms with van der Waals surface area (Å²) < 4.78 is 10.6. The first kappa shape index (κ1) is 20.0. The number of rotatable bonds is 8. The Morgan fingerprint density at radius 1 is 1.14 bits per heavy atom. The number of benzene rings is 2. The quantitative estimate of drug-likeness (QED) is 0.563. The summed E-state index contributed by atoms with van der Waals surface area (Å²) in [5.41, 5.74) is 2.22. The Kier molecular flexibility index (Phi) is 6.73. The highest BCUT2D eigenvalue weighted by Crippen LogP contribution is 2.32. The van der Waals surface area contributed by atoms with Crippen molar-refractivity contribution in [3.63, 3.8) is 0 Å². The highest BCUT2D eigenvalue weighted by atomic mass is 35.5. The van der Waals surface area contributed by atoms with Crippen molar-refractivity contribution in [2.75, 3.05) is 26.1 Å². The van der Waals surface area contributed by atoms with Crippen molar-refractivity contribution in [3.8, 4) is 11.5 Å². The average molecular weight is 418 g/mol. The number of carbonyl (C=O) groups is 1. The Balaban J connectivity index is 1.57. The van der Waals surface area contributed by atoms with Crippen molar-refractivity contribution in [1.29, 1.82) is 0 Å². The number of aromatic nitrogens is 1. The zero-order valence-corrected chi connectivity index (χ0v) is 17.1. The van der Waals surface area contributed by atoms with Crippen LogP contribution in [0.5, 0.6) is 11.5 Å². The van der Waals surface area contributed by atoms with Gasteiger partial charge in [-0.3, -0.25) is 4.79 Å². The second kappa shape index (κ2) is 9.43. The summed E-state index contributed by atoms with van der Waals surface area (Å²) in [6.07, 6.45) is 0.723. The Morgan fingerprint density at radius 3 is 2.64 bits per heavy atom. The number of amides is 1. The number of methoxy groups -OCH3 is 2. The molecule has 0 bridgehead atoms. The molecule has 0 spiro atoms. The van der Waals surface area contributed by atoms with Crippen molar-refractivity contribution in [2.45, 2.75) is 6.42 Å². The largest absolute Gasteiger partial charge is 0.497 e. The van der Waals surface area contributed by atoms with Gasteiger partial charge in [0, 0.05) is 23.0 Å². The fraction of sp³-hybridized carbons (Fsp3) is 0.200. The number of carbonyl (C=O) groups excluding carboxylic acids is 1. The lowest BCUT2D eigenvalue weighted by Gasteiger charge is -2.10. The fourth-order valence-corrected chi connectivity index (χ4v) is 3.34. The van der Waals surface area contributed by atoms with Gasteiger partial charge in [-0.1, -0.05) is 23.7 Å². The second-order valence-electron chi connectivity index (χ2n) is 5.86. The van der Waals surface area contributed by atoms with Crippen LogP contribution in [0.4, 0.5) is 10.8 Å². The standard InChI is InChI=1S/C20H20ClN3O3S/c1-26-15-7-8-16(18(11-15)27-2)23-20-24-17(12-28-20)19(25)22-10-9-13-3-5-14(21)6-4-13/h3-8,11-12H,9-10H2,1-2H3,(H,22,25)(H,23,24). The molecule has 0 unspecified atom stereocenters. The molecule has 0 atom stereocenters. The zero-order chi connectivity index (χ0) is 19.9. The first-order chi connectivity index (χ1) is 13.6. The Morgan fingerprint density at radius 2 is 1.93 bits per heavy atom. The van der Waals surface area contributed by atoms with Crippen molar-refractivity contribution < 1.29 is 14.3 Å². The minimum Gasteiger partial charge on any atom is -0.497 e. The smallest absolute Gasteiger partial charge is 0.270 e. The molecule has 6 nitrogen and oxygen atoms in total. The number of ether oxygens (including phenoxy) is 2. The highest BCUT2D eigenvalue weighted by Gasteiger charge is 2.12. The third-order valence-electron chi connectivity index (χ3n) is 4.00. The van der Waals surface area contributed by atoms with Gasteiger partial charge in [-0.15, -0.1) is 11.3 Å². The van der Waals surface area contributed by atoms with Gasteiger partial charge in [0.2, 0.25) is 0 Å². The molecule has 1 heterocycles. The molecular weight excluding hydrogens is 398 g/mol. The van der Waals surface area contributed by atoms with Gasteiger partial charge in [0.15, 0.2) is 5.13 Å². The predicted octanol–water partition coefficient (Wildman–Crippen LogP) is 4.53. The van der Waals surface area contributed by atoms with E-state index in [-0.39, 0.29) is 5.91 Å². The summed E-state index contributed by atoms with van der Waals surface area (Å²) in [4.78, 5) is 16.7. The Bertz CT molecular complexity index is 944. The van der Waals surface area contributed by atoms with E-state index in [0.717, 1.165) is 17.7 Å². The molecule has 1 aromatic heterocycles. The molecule has 146 valence electrons. The van der Waals surface area contributed by atoms with Crippen molar-refractivity contribution in [2.24, 2.45) is 0 Å². The minimum atomic E-state index is -0.208. The van der Waals surface area contributed by atoms with Gasteiger partial charge in [0.05, 0.1) is 19.9 Å². The first-order valence-corrected chi connectivity index (χ1v) is 9.82. The van der Waals surface area contributed by atoms with Crippen LogP contribution in [0.2, 0.25) is 5.02 Å². The molecular formula is C20H20ClN3O3S. The monoisotopic (exact) mass is 417 g/mol. The average Bonchev–Trinajstić information content (AvgIpc) is 3.18. The summed E-state index contributed by atoms with van der Waals surface area (Å²) in [5.74, 6) is 1.12. The molecule has 0 saturated heterocycles. The van der Waals surface area contributed by atoms with Crippen LogP contribution in [0.25, 0.3) is 0 Å². The van der Waals surface area contributed by atoms with E-state index in [1.54, 1.807) is 25.7 Å². The van der Waals surface area contributed by atoms with Crippen LogP contribution in [-0.4, -0.2) is 31.7 Å². The zero-order valence-electron chi connectivity index (χ0n) is 15.5. The summed E-state index contributed by atoms with van der Waals surface area (Å²) in [5, 5.41) is 9.07. The summed E-state index contributed by atoms with van der Waals surface area (Å²) in [6, 6.07) is 13.0. The van der Waals surface area contributed by atoms with Crippen molar-refractivity contribution in [1.82, 2.24) is 10.3 Å². The molecule has 0 radical (unpaired) electrons. The van der Waals surface area contributed by atoms with E-state index in [9.17, 15) is 4.79 Å². The number of hydrogen-bond acceptors (Lipinski definition) is 6. The maximum Gasteiger partial charge on any atom is 0.270 e. The molecule has 3 aromatic rings. The fourth-order valence-electron chi connectivity index (χ4n) is 2.51. The summed E-state index contributed by atoms with van der Waals surface area (Å²) >= 11 is 7.22. The van der Waals surface area contributed by atoms with Crippen LogP contribution in [0.15, 0.2) is 47.8 Å². The lowest BCUT2D eigenvalue weighted by molar-refractivity contribution is 0.0950. The van der Waals surface area contributed by atoms with Gasteiger partial charge < -0.3 is 20.1 Å². The molecule has 0 fully saturated rings. The van der Waals surface area contributed by atoms with E-state index >= 15 is 0 Å². The lowest BCUT2D eigenvalue weighted by atomic mass is 10.1. The summed E-state index contributed by atoms with van der Waals surface area (Å²) in [7, 11) is 3.18. The van der Waals surface area contributed by atoms with Crippen LogP contribution in [0.1, 0.15) is 16.1 Å². The molecule has 1 amide bonds. The Hall–Kier alpha value is -2.77. The van der Waals surface area contributed by atoms with Crippen LogP contribution in [0, 0.1) is 0 Å². The maximum atomic E-state index is 12.3. The number of halogens is 1. The third-order valence-corrected chi connectivity index (χ3v) is 5.01. The molecule has 0 saturated carbocycles. The van der Waals surface area contributed by atoms with Gasteiger partial charge >= 0.3 is 0 Å². The van der Waals surface area contributed by atoms with Gasteiger partial charge in [0.1, 0.15) is 17.2 Å². The van der Waals surface area contributed by atoms with Crippen LogP contribution >= 0.6 is 22.9 Å². The second-order valence-corrected chi connectivity index (χ2v) is 7.16. The third kappa shape index (κ3) is 5.15. The molecule has 2 aromatic carbocycles. The van der Waals surface area contributed by atoms with Crippen molar-refractivity contribution in [3.05, 3.63) is 64.1 Å².